The molecule has 1 aromatic heterocycles. The first kappa shape index (κ1) is 12.7. The molecule has 0 spiro atoms. The van der Waals surface area contributed by atoms with Gasteiger partial charge in [0.25, 0.3) is 0 Å². The van der Waals surface area contributed by atoms with Gasteiger partial charge in [-0.3, -0.25) is 4.79 Å². The summed E-state index contributed by atoms with van der Waals surface area (Å²) in [6.07, 6.45) is 5.83. The van der Waals surface area contributed by atoms with E-state index in [1.165, 1.54) is 0 Å². The topological polar surface area (TPSA) is 45.5 Å². The average Bonchev–Trinajstić information content (AvgIpc) is 2.96. The van der Waals surface area contributed by atoms with Gasteiger partial charge in [-0.1, -0.05) is 6.92 Å². The number of nitrogens with zero attached hydrogens (tertiary/aromatic N) is 1. The zero-order valence-electron chi connectivity index (χ0n) is 11.5. The fraction of sp³-hybridized carbons (Fsp3) is 0.667. The second-order valence-electron chi connectivity index (χ2n) is 5.80. The molecule has 1 amide bonds. The number of rotatable bonds is 5. The highest BCUT2D eigenvalue weighted by molar-refractivity contribution is 5.84. The van der Waals surface area contributed by atoms with Gasteiger partial charge >= 0.3 is 0 Å². The van der Waals surface area contributed by atoms with E-state index in [0.29, 0.717) is 18.5 Å². The van der Waals surface area contributed by atoms with E-state index in [4.69, 9.17) is 4.42 Å². The number of furan rings is 1. The van der Waals surface area contributed by atoms with E-state index in [9.17, 15) is 4.79 Å². The van der Waals surface area contributed by atoms with E-state index in [0.717, 1.165) is 44.5 Å². The van der Waals surface area contributed by atoms with Crippen LogP contribution in [0.15, 0.2) is 22.8 Å². The van der Waals surface area contributed by atoms with Gasteiger partial charge in [-0.25, -0.2) is 0 Å². The Kier molecular flexibility index (Phi) is 3.35. The van der Waals surface area contributed by atoms with Gasteiger partial charge in [-0.2, -0.15) is 0 Å². The van der Waals surface area contributed by atoms with Crippen LogP contribution in [0.1, 0.15) is 38.4 Å². The third-order valence-electron chi connectivity index (χ3n) is 4.53. The van der Waals surface area contributed by atoms with Crippen molar-refractivity contribution in [1.29, 1.82) is 0 Å². The maximum Gasteiger partial charge on any atom is 0.230 e. The van der Waals surface area contributed by atoms with Gasteiger partial charge < -0.3 is 14.6 Å². The molecule has 19 heavy (non-hydrogen) atoms. The molecule has 1 aliphatic heterocycles. The van der Waals surface area contributed by atoms with Crippen LogP contribution in [0.4, 0.5) is 0 Å². The van der Waals surface area contributed by atoms with E-state index in [2.05, 4.69) is 17.1 Å². The van der Waals surface area contributed by atoms with Gasteiger partial charge in [0.2, 0.25) is 5.91 Å². The molecule has 4 nitrogen and oxygen atoms in total. The van der Waals surface area contributed by atoms with Crippen molar-refractivity contribution in [2.45, 2.75) is 45.2 Å². The molecule has 1 aliphatic carbocycles. The van der Waals surface area contributed by atoms with Crippen LogP contribution in [-0.4, -0.2) is 29.9 Å². The molecule has 1 saturated carbocycles. The van der Waals surface area contributed by atoms with Gasteiger partial charge in [0, 0.05) is 12.6 Å². The van der Waals surface area contributed by atoms with Crippen LogP contribution in [-0.2, 0) is 11.3 Å². The van der Waals surface area contributed by atoms with Crippen molar-refractivity contribution < 1.29 is 9.21 Å². The lowest BCUT2D eigenvalue weighted by Crippen LogP contribution is -2.45. The molecule has 1 N–H and O–H groups in total. The summed E-state index contributed by atoms with van der Waals surface area (Å²) < 4.78 is 5.41. The summed E-state index contributed by atoms with van der Waals surface area (Å²) in [7, 11) is 0. The van der Waals surface area contributed by atoms with Crippen LogP contribution in [0.3, 0.4) is 0 Å². The van der Waals surface area contributed by atoms with E-state index >= 15 is 0 Å². The summed E-state index contributed by atoms with van der Waals surface area (Å²) in [5, 5.41) is 3.35. The number of carbonyl (C=O) groups excluding carboxylic acids is 1. The van der Waals surface area contributed by atoms with Gasteiger partial charge in [0.05, 0.1) is 18.2 Å². The molecule has 3 rings (SSSR count). The molecule has 0 aromatic carbocycles. The summed E-state index contributed by atoms with van der Waals surface area (Å²) >= 11 is 0. The fourth-order valence-corrected chi connectivity index (χ4v) is 3.01. The molecule has 1 aromatic rings. The summed E-state index contributed by atoms with van der Waals surface area (Å²) in [5.41, 5.74) is -0.185. The maximum absolute atomic E-state index is 13.0. The minimum absolute atomic E-state index is 0.185. The van der Waals surface area contributed by atoms with E-state index in [1.54, 1.807) is 6.26 Å². The Morgan fingerprint density at radius 3 is 2.95 bits per heavy atom. The highest BCUT2D eigenvalue weighted by Gasteiger charge is 2.45. The van der Waals surface area contributed by atoms with Crippen LogP contribution in [0.5, 0.6) is 0 Å². The summed E-state index contributed by atoms with van der Waals surface area (Å²) in [6.45, 7) is 4.53. The lowest BCUT2D eigenvalue weighted by molar-refractivity contribution is -0.143. The lowest BCUT2D eigenvalue weighted by Gasteiger charge is -2.33. The van der Waals surface area contributed by atoms with Gasteiger partial charge in [0.1, 0.15) is 5.76 Å². The van der Waals surface area contributed by atoms with Crippen molar-refractivity contribution in [1.82, 2.24) is 10.2 Å². The molecule has 1 saturated heterocycles. The third-order valence-corrected chi connectivity index (χ3v) is 4.53. The molecular weight excluding hydrogens is 240 g/mol. The Morgan fingerprint density at radius 1 is 1.58 bits per heavy atom. The van der Waals surface area contributed by atoms with Crippen LogP contribution >= 0.6 is 0 Å². The second kappa shape index (κ2) is 5.00. The van der Waals surface area contributed by atoms with Gasteiger partial charge in [0.15, 0.2) is 0 Å². The van der Waals surface area contributed by atoms with Crippen molar-refractivity contribution >= 4 is 5.91 Å². The summed E-state index contributed by atoms with van der Waals surface area (Å²) in [5.74, 6) is 1.20. The smallest absolute Gasteiger partial charge is 0.230 e. The second-order valence-corrected chi connectivity index (χ2v) is 5.80. The number of carbonyl (C=O) groups is 1. The Hall–Kier alpha value is -1.29. The highest BCUT2D eigenvalue weighted by Crippen LogP contribution is 2.37. The minimum Gasteiger partial charge on any atom is -0.467 e. The molecule has 4 heteroatoms. The number of amides is 1. The standard InChI is InChI=1S/C15H22N2O2/c1-2-15(7-8-16-11-15)14(18)17(12-5-6-12)10-13-4-3-9-19-13/h3-4,9,12,16H,2,5-8,10-11H2,1H3. The van der Waals surface area contributed by atoms with Crippen molar-refractivity contribution in [3.63, 3.8) is 0 Å². The van der Waals surface area contributed by atoms with Crippen LogP contribution in [0, 0.1) is 5.41 Å². The molecule has 2 heterocycles. The summed E-state index contributed by atoms with van der Waals surface area (Å²) in [4.78, 5) is 15.0. The maximum atomic E-state index is 13.0. The SMILES string of the molecule is CCC1(C(=O)N(Cc2ccco2)C2CC2)CCNC1. The molecule has 104 valence electrons. The molecule has 2 aliphatic rings. The fourth-order valence-electron chi connectivity index (χ4n) is 3.01. The van der Waals surface area contributed by atoms with Crippen molar-refractivity contribution in [2.24, 2.45) is 5.41 Å². The van der Waals surface area contributed by atoms with Crippen molar-refractivity contribution in [3.8, 4) is 0 Å². The monoisotopic (exact) mass is 262 g/mol. The van der Waals surface area contributed by atoms with Crippen LogP contribution in [0.2, 0.25) is 0 Å². The molecule has 1 unspecified atom stereocenters. The Balaban J connectivity index is 1.77. The first-order chi connectivity index (χ1) is 9.25. The molecular formula is C15H22N2O2. The van der Waals surface area contributed by atoms with E-state index in [-0.39, 0.29) is 5.41 Å². The zero-order chi connectivity index (χ0) is 13.3. The predicted molar refractivity (Wildman–Crippen MR) is 72.5 cm³/mol. The quantitative estimate of drug-likeness (QED) is 0.884. The number of hydrogen-bond donors (Lipinski definition) is 1. The normalized spacial score (nSPS) is 26.6. The van der Waals surface area contributed by atoms with E-state index < -0.39 is 0 Å². The predicted octanol–water partition coefficient (Wildman–Crippen LogP) is 2.16. The Labute approximate surface area is 114 Å². The third kappa shape index (κ3) is 2.41. The molecule has 2 fully saturated rings. The van der Waals surface area contributed by atoms with Gasteiger partial charge in [-0.05, 0) is 44.4 Å². The molecule has 0 bridgehead atoms. The Bertz CT molecular complexity index is 431. The number of nitrogens with one attached hydrogen (secondary N) is 1. The Morgan fingerprint density at radius 2 is 2.42 bits per heavy atom. The molecule has 1 atom stereocenters. The van der Waals surface area contributed by atoms with Crippen LogP contribution < -0.4 is 5.32 Å². The van der Waals surface area contributed by atoms with Gasteiger partial charge in [-0.15, -0.1) is 0 Å². The first-order valence-electron chi connectivity index (χ1n) is 7.29. The minimum atomic E-state index is -0.185. The van der Waals surface area contributed by atoms with E-state index in [1.807, 2.05) is 12.1 Å². The highest BCUT2D eigenvalue weighted by atomic mass is 16.3. The van der Waals surface area contributed by atoms with Crippen molar-refractivity contribution in [2.75, 3.05) is 13.1 Å². The zero-order valence-corrected chi connectivity index (χ0v) is 11.5. The van der Waals surface area contributed by atoms with Crippen molar-refractivity contribution in [3.05, 3.63) is 24.2 Å². The average molecular weight is 262 g/mol. The largest absolute Gasteiger partial charge is 0.467 e. The summed E-state index contributed by atoms with van der Waals surface area (Å²) in [6, 6.07) is 4.27. The molecule has 0 radical (unpaired) electrons. The van der Waals surface area contributed by atoms with Crippen LogP contribution in [0.25, 0.3) is 0 Å². The number of hydrogen-bond acceptors (Lipinski definition) is 3. The lowest BCUT2D eigenvalue weighted by atomic mass is 9.82. The first-order valence-corrected chi connectivity index (χ1v) is 7.29.